The highest BCUT2D eigenvalue weighted by Crippen LogP contribution is 2.24. The number of urea groups is 1. The quantitative estimate of drug-likeness (QED) is 0.837. The minimum atomic E-state index is -0.624. The molecule has 1 atom stereocenters. The van der Waals surface area contributed by atoms with Crippen LogP contribution in [0.3, 0.4) is 0 Å². The fourth-order valence-electron chi connectivity index (χ4n) is 3.69. The molecule has 0 saturated carbocycles. The summed E-state index contributed by atoms with van der Waals surface area (Å²) in [7, 11) is 0. The number of amides is 3. The Balaban J connectivity index is 1.62. The molecule has 2 aromatic carbocycles. The smallest absolute Gasteiger partial charge is 0.312 e. The Bertz CT molecular complexity index is 830. The first kappa shape index (κ1) is 19.7. The van der Waals surface area contributed by atoms with Crippen LogP contribution in [0.4, 0.5) is 10.5 Å². The Morgan fingerprint density at radius 2 is 1.68 bits per heavy atom. The molecule has 1 aliphatic rings. The molecule has 6 heteroatoms. The van der Waals surface area contributed by atoms with Gasteiger partial charge in [0, 0.05) is 31.9 Å². The standard InChI is InChI=1S/C22H28N4O2/c1-16-7-6-10-20(17(16)2)25-11-13-26(14-12-25)21(27)15-19(24-22(23)28)18-8-4-3-5-9-18/h3-10,19H,11-15H2,1-2H3,(H3,23,24,28)/t19-/m1/s1. The Morgan fingerprint density at radius 3 is 2.32 bits per heavy atom. The highest BCUT2D eigenvalue weighted by atomic mass is 16.2. The molecule has 3 amide bonds. The van der Waals surface area contributed by atoms with Gasteiger partial charge in [-0.25, -0.2) is 4.79 Å². The van der Waals surface area contributed by atoms with Crippen LogP contribution < -0.4 is 16.0 Å². The number of hydrogen-bond donors (Lipinski definition) is 2. The van der Waals surface area contributed by atoms with Crippen LogP contribution in [0, 0.1) is 13.8 Å². The summed E-state index contributed by atoms with van der Waals surface area (Å²) in [5.74, 6) is 0.0308. The lowest BCUT2D eigenvalue weighted by atomic mass is 10.0. The number of nitrogens with one attached hydrogen (secondary N) is 1. The van der Waals surface area contributed by atoms with Gasteiger partial charge in [-0.3, -0.25) is 4.79 Å². The van der Waals surface area contributed by atoms with Crippen molar-refractivity contribution in [3.05, 3.63) is 65.2 Å². The summed E-state index contributed by atoms with van der Waals surface area (Å²) in [4.78, 5) is 28.4. The lowest BCUT2D eigenvalue weighted by molar-refractivity contribution is -0.132. The fourth-order valence-corrected chi connectivity index (χ4v) is 3.69. The molecule has 0 bridgehead atoms. The van der Waals surface area contributed by atoms with Crippen LogP contribution in [-0.2, 0) is 4.79 Å². The average molecular weight is 380 g/mol. The van der Waals surface area contributed by atoms with Crippen molar-refractivity contribution >= 4 is 17.6 Å². The maximum atomic E-state index is 12.8. The van der Waals surface area contributed by atoms with Crippen molar-refractivity contribution < 1.29 is 9.59 Å². The molecule has 1 fully saturated rings. The van der Waals surface area contributed by atoms with Crippen LogP contribution in [0.15, 0.2) is 48.5 Å². The molecule has 2 aromatic rings. The van der Waals surface area contributed by atoms with Gasteiger partial charge in [0.1, 0.15) is 0 Å². The molecule has 28 heavy (non-hydrogen) atoms. The van der Waals surface area contributed by atoms with Crippen molar-refractivity contribution in [1.29, 1.82) is 0 Å². The maximum absolute atomic E-state index is 12.8. The van der Waals surface area contributed by atoms with E-state index in [4.69, 9.17) is 5.73 Å². The molecule has 1 aliphatic heterocycles. The monoisotopic (exact) mass is 380 g/mol. The van der Waals surface area contributed by atoms with Gasteiger partial charge in [0.2, 0.25) is 5.91 Å². The number of benzene rings is 2. The first-order valence-corrected chi connectivity index (χ1v) is 9.65. The third-order valence-electron chi connectivity index (χ3n) is 5.45. The number of anilines is 1. The predicted molar refractivity (Wildman–Crippen MR) is 111 cm³/mol. The molecule has 3 rings (SSSR count). The zero-order chi connectivity index (χ0) is 20.1. The number of carbonyl (C=O) groups excluding carboxylic acids is 2. The molecule has 0 radical (unpaired) electrons. The number of nitrogens with two attached hydrogens (primary N) is 1. The van der Waals surface area contributed by atoms with Crippen LogP contribution in [0.25, 0.3) is 0 Å². The zero-order valence-electron chi connectivity index (χ0n) is 16.5. The summed E-state index contributed by atoms with van der Waals surface area (Å²) in [5, 5.41) is 2.70. The van der Waals surface area contributed by atoms with Crippen molar-refractivity contribution in [2.45, 2.75) is 26.3 Å². The van der Waals surface area contributed by atoms with E-state index in [1.807, 2.05) is 35.2 Å². The van der Waals surface area contributed by atoms with Crippen molar-refractivity contribution in [2.75, 3.05) is 31.1 Å². The van der Waals surface area contributed by atoms with Crippen LogP contribution >= 0.6 is 0 Å². The summed E-state index contributed by atoms with van der Waals surface area (Å²) in [6.45, 7) is 7.20. The number of carbonyl (C=O) groups is 2. The van der Waals surface area contributed by atoms with Crippen molar-refractivity contribution in [1.82, 2.24) is 10.2 Å². The summed E-state index contributed by atoms with van der Waals surface area (Å²) in [6, 6.07) is 14.8. The zero-order valence-corrected chi connectivity index (χ0v) is 16.5. The van der Waals surface area contributed by atoms with Gasteiger partial charge >= 0.3 is 6.03 Å². The summed E-state index contributed by atoms with van der Waals surface area (Å²) in [5.41, 5.74) is 10.00. The fraction of sp³-hybridized carbons (Fsp3) is 0.364. The van der Waals surface area contributed by atoms with Gasteiger partial charge in [0.25, 0.3) is 0 Å². The Kier molecular flexibility index (Phi) is 6.19. The molecule has 148 valence electrons. The van der Waals surface area contributed by atoms with Crippen molar-refractivity contribution in [3.8, 4) is 0 Å². The Morgan fingerprint density at radius 1 is 1.00 bits per heavy atom. The van der Waals surface area contributed by atoms with Crippen LogP contribution in [0.2, 0.25) is 0 Å². The lowest BCUT2D eigenvalue weighted by Crippen LogP contribution is -2.49. The van der Waals surface area contributed by atoms with E-state index in [1.165, 1.54) is 16.8 Å². The van der Waals surface area contributed by atoms with Gasteiger partial charge in [-0.05, 0) is 36.6 Å². The SMILES string of the molecule is Cc1cccc(N2CCN(C(=O)C[C@@H](NC(N)=O)c3ccccc3)CC2)c1C. The highest BCUT2D eigenvalue weighted by Gasteiger charge is 2.25. The minimum Gasteiger partial charge on any atom is -0.368 e. The molecule has 0 unspecified atom stereocenters. The second kappa shape index (κ2) is 8.78. The first-order valence-electron chi connectivity index (χ1n) is 9.65. The number of nitrogens with zero attached hydrogens (tertiary/aromatic N) is 2. The second-order valence-corrected chi connectivity index (χ2v) is 7.26. The summed E-state index contributed by atoms with van der Waals surface area (Å²) < 4.78 is 0. The normalized spacial score (nSPS) is 15.2. The third-order valence-corrected chi connectivity index (χ3v) is 5.45. The maximum Gasteiger partial charge on any atom is 0.312 e. The lowest BCUT2D eigenvalue weighted by Gasteiger charge is -2.37. The van der Waals surface area contributed by atoms with Gasteiger partial charge in [-0.15, -0.1) is 0 Å². The summed E-state index contributed by atoms with van der Waals surface area (Å²) in [6.07, 6.45) is 0.205. The first-order chi connectivity index (χ1) is 13.5. The highest BCUT2D eigenvalue weighted by molar-refractivity contribution is 5.79. The van der Waals surface area contributed by atoms with Gasteiger partial charge < -0.3 is 20.9 Å². The minimum absolute atomic E-state index is 0.0308. The molecule has 0 aromatic heterocycles. The van der Waals surface area contributed by atoms with E-state index in [9.17, 15) is 9.59 Å². The van der Waals surface area contributed by atoms with Gasteiger partial charge in [-0.1, -0.05) is 42.5 Å². The average Bonchev–Trinajstić information content (AvgIpc) is 2.70. The predicted octanol–water partition coefficient (Wildman–Crippen LogP) is 2.75. The van der Waals surface area contributed by atoms with Crippen LogP contribution in [0.5, 0.6) is 0 Å². The van der Waals surface area contributed by atoms with E-state index in [1.54, 1.807) is 0 Å². The third kappa shape index (κ3) is 4.63. The van der Waals surface area contributed by atoms with Crippen molar-refractivity contribution in [2.24, 2.45) is 5.73 Å². The van der Waals surface area contributed by atoms with E-state index in [-0.39, 0.29) is 12.3 Å². The van der Waals surface area contributed by atoms with E-state index in [0.717, 1.165) is 18.7 Å². The Hall–Kier alpha value is -3.02. The number of aryl methyl sites for hydroxylation is 1. The molecular formula is C22H28N4O2. The largest absolute Gasteiger partial charge is 0.368 e. The van der Waals surface area contributed by atoms with Crippen LogP contribution in [0.1, 0.15) is 29.2 Å². The number of primary amides is 1. The summed E-state index contributed by atoms with van der Waals surface area (Å²) >= 11 is 0. The molecule has 3 N–H and O–H groups in total. The Labute approximate surface area is 166 Å². The van der Waals surface area contributed by atoms with E-state index in [2.05, 4.69) is 42.3 Å². The molecule has 6 nitrogen and oxygen atoms in total. The van der Waals surface area contributed by atoms with Gasteiger partial charge in [0.15, 0.2) is 0 Å². The molecule has 1 heterocycles. The number of rotatable bonds is 5. The van der Waals surface area contributed by atoms with E-state index >= 15 is 0 Å². The molecule has 1 saturated heterocycles. The van der Waals surface area contributed by atoms with Crippen LogP contribution in [-0.4, -0.2) is 43.0 Å². The number of hydrogen-bond acceptors (Lipinski definition) is 3. The van der Waals surface area contributed by atoms with Crippen molar-refractivity contribution in [3.63, 3.8) is 0 Å². The van der Waals surface area contributed by atoms with Gasteiger partial charge in [-0.2, -0.15) is 0 Å². The topological polar surface area (TPSA) is 78.7 Å². The molecule has 0 aliphatic carbocycles. The number of piperazine rings is 1. The molecular weight excluding hydrogens is 352 g/mol. The molecule has 0 spiro atoms. The van der Waals surface area contributed by atoms with Gasteiger partial charge in [0.05, 0.1) is 12.5 Å². The van der Waals surface area contributed by atoms with E-state index in [0.29, 0.717) is 13.1 Å². The van der Waals surface area contributed by atoms with E-state index < -0.39 is 12.1 Å². The second-order valence-electron chi connectivity index (χ2n) is 7.26.